The standard InChI is InChI=1S/C14H20N2O3S/c1-8-10(16-12(17)11-6-15-7-20-11)5-4-9(13(18)19)14(8,2)3/h6-10H,4-5H2,1-3H3,(H,16,17)(H,18,19). The summed E-state index contributed by atoms with van der Waals surface area (Å²) in [6.45, 7) is 5.97. The molecular weight excluding hydrogens is 276 g/mol. The lowest BCUT2D eigenvalue weighted by Gasteiger charge is -2.46. The molecule has 0 bridgehead atoms. The summed E-state index contributed by atoms with van der Waals surface area (Å²) in [5.74, 6) is -1.11. The SMILES string of the molecule is CC1C(NC(=O)c2cncs2)CCC(C(=O)O)C1(C)C. The fraction of sp³-hybridized carbons (Fsp3) is 0.643. The van der Waals surface area contributed by atoms with E-state index in [0.717, 1.165) is 0 Å². The Morgan fingerprint density at radius 3 is 2.70 bits per heavy atom. The second-order valence-corrected chi connectivity index (χ2v) is 6.91. The van der Waals surface area contributed by atoms with E-state index in [1.807, 2.05) is 20.8 Å². The summed E-state index contributed by atoms with van der Waals surface area (Å²) < 4.78 is 0. The molecule has 1 aliphatic rings. The summed E-state index contributed by atoms with van der Waals surface area (Å²) in [7, 11) is 0. The van der Waals surface area contributed by atoms with Crippen LogP contribution in [0, 0.1) is 17.3 Å². The molecule has 1 amide bonds. The van der Waals surface area contributed by atoms with E-state index in [4.69, 9.17) is 0 Å². The number of hydrogen-bond acceptors (Lipinski definition) is 4. The van der Waals surface area contributed by atoms with Crippen LogP contribution < -0.4 is 5.32 Å². The van der Waals surface area contributed by atoms with Crippen LogP contribution in [0.1, 0.15) is 43.3 Å². The first kappa shape index (κ1) is 15.0. The minimum absolute atomic E-state index is 0.00944. The number of hydrogen-bond donors (Lipinski definition) is 2. The maximum atomic E-state index is 12.1. The van der Waals surface area contributed by atoms with Crippen LogP contribution in [0.2, 0.25) is 0 Å². The number of nitrogens with zero attached hydrogens (tertiary/aromatic N) is 1. The average Bonchev–Trinajstić information content (AvgIpc) is 2.88. The first-order valence-electron chi connectivity index (χ1n) is 6.76. The third-order valence-corrected chi connectivity index (χ3v) is 5.48. The Kier molecular flexibility index (Phi) is 4.13. The van der Waals surface area contributed by atoms with Crippen LogP contribution in [-0.4, -0.2) is 28.0 Å². The van der Waals surface area contributed by atoms with Crippen molar-refractivity contribution in [3.63, 3.8) is 0 Å². The van der Waals surface area contributed by atoms with E-state index < -0.39 is 5.97 Å². The fourth-order valence-electron chi connectivity index (χ4n) is 3.01. The molecule has 3 unspecified atom stereocenters. The Hall–Kier alpha value is -1.43. The van der Waals surface area contributed by atoms with E-state index in [1.165, 1.54) is 11.3 Å². The van der Waals surface area contributed by atoms with E-state index in [-0.39, 0.29) is 29.2 Å². The predicted octanol–water partition coefficient (Wildman–Crippen LogP) is 2.40. The van der Waals surface area contributed by atoms with Gasteiger partial charge < -0.3 is 10.4 Å². The largest absolute Gasteiger partial charge is 0.481 e. The van der Waals surface area contributed by atoms with Gasteiger partial charge in [-0.25, -0.2) is 0 Å². The first-order chi connectivity index (χ1) is 9.34. The number of carbonyl (C=O) groups is 2. The Balaban J connectivity index is 2.08. The summed E-state index contributed by atoms with van der Waals surface area (Å²) in [6.07, 6.45) is 2.85. The molecule has 20 heavy (non-hydrogen) atoms. The van der Waals surface area contributed by atoms with Crippen molar-refractivity contribution >= 4 is 23.2 Å². The van der Waals surface area contributed by atoms with Crippen LogP contribution in [-0.2, 0) is 4.79 Å². The van der Waals surface area contributed by atoms with Crippen LogP contribution in [0.5, 0.6) is 0 Å². The molecule has 110 valence electrons. The van der Waals surface area contributed by atoms with Gasteiger partial charge in [0, 0.05) is 6.04 Å². The third-order valence-electron chi connectivity index (χ3n) is 4.71. The zero-order valence-electron chi connectivity index (χ0n) is 11.9. The minimum atomic E-state index is -0.742. The Morgan fingerprint density at radius 2 is 2.15 bits per heavy atom. The number of amides is 1. The maximum absolute atomic E-state index is 12.1. The van der Waals surface area contributed by atoms with Gasteiger partial charge in [0.15, 0.2) is 0 Å². The second kappa shape index (κ2) is 5.52. The van der Waals surface area contributed by atoms with Crippen molar-refractivity contribution in [1.29, 1.82) is 0 Å². The lowest BCUT2D eigenvalue weighted by Crippen LogP contribution is -2.52. The molecule has 1 aromatic rings. The van der Waals surface area contributed by atoms with Crippen molar-refractivity contribution in [2.75, 3.05) is 0 Å². The molecule has 1 saturated carbocycles. The summed E-state index contributed by atoms with van der Waals surface area (Å²) in [5.41, 5.74) is 1.29. The fourth-order valence-corrected chi connectivity index (χ4v) is 3.53. The number of aliphatic carboxylic acids is 1. The maximum Gasteiger partial charge on any atom is 0.307 e. The molecule has 1 fully saturated rings. The van der Waals surface area contributed by atoms with Gasteiger partial charge in [0.05, 0.1) is 17.6 Å². The van der Waals surface area contributed by atoms with Gasteiger partial charge in [-0.2, -0.15) is 0 Å². The van der Waals surface area contributed by atoms with E-state index in [1.54, 1.807) is 11.7 Å². The molecule has 1 aromatic heterocycles. The molecule has 1 aliphatic carbocycles. The Labute approximate surface area is 122 Å². The van der Waals surface area contributed by atoms with Crippen LogP contribution in [0.15, 0.2) is 11.7 Å². The molecule has 1 heterocycles. The average molecular weight is 296 g/mol. The number of carboxylic acids is 1. The van der Waals surface area contributed by atoms with Crippen LogP contribution in [0.25, 0.3) is 0 Å². The van der Waals surface area contributed by atoms with Gasteiger partial charge in [-0.3, -0.25) is 14.6 Å². The van der Waals surface area contributed by atoms with E-state index in [9.17, 15) is 14.7 Å². The van der Waals surface area contributed by atoms with Crippen molar-refractivity contribution in [3.8, 4) is 0 Å². The molecule has 0 spiro atoms. The summed E-state index contributed by atoms with van der Waals surface area (Å²) >= 11 is 1.31. The molecule has 0 radical (unpaired) electrons. The molecule has 0 saturated heterocycles. The van der Waals surface area contributed by atoms with Crippen molar-refractivity contribution in [2.45, 2.75) is 39.7 Å². The van der Waals surface area contributed by atoms with Crippen molar-refractivity contribution in [1.82, 2.24) is 10.3 Å². The zero-order valence-corrected chi connectivity index (χ0v) is 12.7. The lowest BCUT2D eigenvalue weighted by atomic mass is 9.61. The second-order valence-electron chi connectivity index (χ2n) is 6.02. The van der Waals surface area contributed by atoms with Gasteiger partial charge >= 0.3 is 5.97 Å². The molecule has 5 nitrogen and oxygen atoms in total. The van der Waals surface area contributed by atoms with Gasteiger partial charge in [0.2, 0.25) is 0 Å². The van der Waals surface area contributed by atoms with E-state index >= 15 is 0 Å². The number of nitrogens with one attached hydrogen (secondary N) is 1. The number of aromatic nitrogens is 1. The molecule has 3 atom stereocenters. The summed E-state index contributed by atoms with van der Waals surface area (Å²) in [4.78, 5) is 27.9. The van der Waals surface area contributed by atoms with Crippen molar-refractivity contribution < 1.29 is 14.7 Å². The Bertz CT molecular complexity index is 499. The van der Waals surface area contributed by atoms with Gasteiger partial charge in [0.1, 0.15) is 4.88 Å². The van der Waals surface area contributed by atoms with Crippen LogP contribution in [0.4, 0.5) is 0 Å². The third kappa shape index (κ3) is 2.70. The molecule has 2 N–H and O–H groups in total. The predicted molar refractivity (Wildman–Crippen MR) is 76.7 cm³/mol. The lowest BCUT2D eigenvalue weighted by molar-refractivity contribution is -0.150. The normalized spacial score (nSPS) is 28.9. The first-order valence-corrected chi connectivity index (χ1v) is 7.64. The molecule has 6 heteroatoms. The molecular formula is C14H20N2O3S. The monoisotopic (exact) mass is 296 g/mol. The van der Waals surface area contributed by atoms with Gasteiger partial charge in [-0.05, 0) is 24.2 Å². The van der Waals surface area contributed by atoms with Gasteiger partial charge in [0.25, 0.3) is 5.91 Å². The molecule has 2 rings (SSSR count). The van der Waals surface area contributed by atoms with Crippen LogP contribution >= 0.6 is 11.3 Å². The topological polar surface area (TPSA) is 79.3 Å². The minimum Gasteiger partial charge on any atom is -0.481 e. The van der Waals surface area contributed by atoms with Crippen molar-refractivity contribution in [3.05, 3.63) is 16.6 Å². The summed E-state index contributed by atoms with van der Waals surface area (Å²) in [5, 5.41) is 12.3. The number of carbonyl (C=O) groups excluding carboxylic acids is 1. The number of thiazole rings is 1. The molecule has 0 aromatic carbocycles. The molecule has 0 aliphatic heterocycles. The van der Waals surface area contributed by atoms with Crippen molar-refractivity contribution in [2.24, 2.45) is 17.3 Å². The smallest absolute Gasteiger partial charge is 0.307 e. The van der Waals surface area contributed by atoms with E-state index in [2.05, 4.69) is 10.3 Å². The number of rotatable bonds is 3. The highest BCUT2D eigenvalue weighted by atomic mass is 32.1. The van der Waals surface area contributed by atoms with E-state index in [0.29, 0.717) is 17.7 Å². The zero-order chi connectivity index (χ0) is 14.9. The van der Waals surface area contributed by atoms with Gasteiger partial charge in [-0.15, -0.1) is 11.3 Å². The highest BCUT2D eigenvalue weighted by Crippen LogP contribution is 2.45. The Morgan fingerprint density at radius 1 is 1.45 bits per heavy atom. The number of carboxylic acid groups (broad SMARTS) is 1. The van der Waals surface area contributed by atoms with Crippen LogP contribution in [0.3, 0.4) is 0 Å². The van der Waals surface area contributed by atoms with Gasteiger partial charge in [-0.1, -0.05) is 20.8 Å². The highest BCUT2D eigenvalue weighted by Gasteiger charge is 2.46. The highest BCUT2D eigenvalue weighted by molar-refractivity contribution is 7.11. The quantitative estimate of drug-likeness (QED) is 0.897. The summed E-state index contributed by atoms with van der Waals surface area (Å²) in [6, 6.07) is 0.00944.